The van der Waals surface area contributed by atoms with Crippen LogP contribution in [0.3, 0.4) is 0 Å². The minimum absolute atomic E-state index is 0.116. The molecule has 0 bridgehead atoms. The Morgan fingerprint density at radius 2 is 1.81 bits per heavy atom. The van der Waals surface area contributed by atoms with Crippen molar-refractivity contribution in [2.24, 2.45) is 0 Å². The maximum atomic E-state index is 11.9. The van der Waals surface area contributed by atoms with Crippen LogP contribution >= 0.6 is 0 Å². The highest BCUT2D eigenvalue weighted by molar-refractivity contribution is 5.29. The molecule has 0 aromatic heterocycles. The van der Waals surface area contributed by atoms with E-state index in [4.69, 9.17) is 0 Å². The summed E-state index contributed by atoms with van der Waals surface area (Å²) < 4.78 is 39.4. The summed E-state index contributed by atoms with van der Waals surface area (Å²) in [7, 11) is 0. The van der Waals surface area contributed by atoms with Crippen LogP contribution in [0, 0.1) is 0 Å². The second-order valence-corrected chi connectivity index (χ2v) is 3.40. The van der Waals surface area contributed by atoms with E-state index in [-0.39, 0.29) is 11.8 Å². The Bertz CT molecular complexity index is 321. The van der Waals surface area contributed by atoms with Crippen LogP contribution in [0.5, 0.6) is 5.75 Å². The zero-order valence-electron chi connectivity index (χ0n) is 9.14. The van der Waals surface area contributed by atoms with Gasteiger partial charge in [-0.3, -0.25) is 0 Å². The molecule has 0 fully saturated rings. The minimum Gasteiger partial charge on any atom is -0.406 e. The number of hydrogen-bond donors (Lipinski definition) is 1. The van der Waals surface area contributed by atoms with Crippen molar-refractivity contribution >= 4 is 0 Å². The third-order valence-corrected chi connectivity index (χ3v) is 2.12. The van der Waals surface area contributed by atoms with Crippen LogP contribution < -0.4 is 10.1 Å². The Kier molecular flexibility index (Phi) is 4.18. The number of rotatable bonds is 4. The van der Waals surface area contributed by atoms with E-state index in [1.165, 1.54) is 12.1 Å². The van der Waals surface area contributed by atoms with Crippen molar-refractivity contribution in [2.45, 2.75) is 26.3 Å². The molecule has 0 heterocycles. The lowest BCUT2D eigenvalue weighted by Gasteiger charge is -2.14. The van der Waals surface area contributed by atoms with Crippen molar-refractivity contribution in [1.29, 1.82) is 0 Å². The fourth-order valence-corrected chi connectivity index (χ4v) is 1.38. The molecule has 2 nitrogen and oxygen atoms in total. The van der Waals surface area contributed by atoms with Gasteiger partial charge in [0.1, 0.15) is 5.75 Å². The molecular weight excluding hydrogens is 219 g/mol. The van der Waals surface area contributed by atoms with Gasteiger partial charge in [-0.15, -0.1) is 13.2 Å². The average molecular weight is 233 g/mol. The molecule has 16 heavy (non-hydrogen) atoms. The molecule has 0 amide bonds. The molecule has 0 unspecified atom stereocenters. The smallest absolute Gasteiger partial charge is 0.406 e. The third-order valence-electron chi connectivity index (χ3n) is 2.12. The highest BCUT2D eigenvalue weighted by Gasteiger charge is 2.30. The molecule has 1 aromatic rings. The van der Waals surface area contributed by atoms with E-state index in [0.717, 1.165) is 12.1 Å². The van der Waals surface area contributed by atoms with E-state index in [9.17, 15) is 13.2 Å². The van der Waals surface area contributed by atoms with Crippen LogP contribution in [-0.2, 0) is 0 Å². The second kappa shape index (κ2) is 5.21. The SMILES string of the molecule is CCN[C@H](C)c1ccc(OC(F)(F)F)cc1. The van der Waals surface area contributed by atoms with Gasteiger partial charge in [0, 0.05) is 6.04 Å². The number of nitrogens with one attached hydrogen (secondary N) is 1. The Labute approximate surface area is 92.4 Å². The van der Waals surface area contributed by atoms with Gasteiger partial charge in [-0.2, -0.15) is 0 Å². The van der Waals surface area contributed by atoms with Crippen molar-refractivity contribution in [1.82, 2.24) is 5.32 Å². The summed E-state index contributed by atoms with van der Waals surface area (Å²) in [4.78, 5) is 0. The van der Waals surface area contributed by atoms with Gasteiger partial charge in [-0.1, -0.05) is 19.1 Å². The van der Waals surface area contributed by atoms with Crippen LogP contribution in [0.1, 0.15) is 25.5 Å². The Morgan fingerprint density at radius 3 is 2.25 bits per heavy atom. The molecule has 1 N–H and O–H groups in total. The molecule has 0 aliphatic carbocycles. The van der Waals surface area contributed by atoms with Gasteiger partial charge in [0.25, 0.3) is 0 Å². The van der Waals surface area contributed by atoms with Crippen molar-refractivity contribution in [3.63, 3.8) is 0 Å². The Balaban J connectivity index is 2.68. The van der Waals surface area contributed by atoms with Crippen molar-refractivity contribution in [3.05, 3.63) is 29.8 Å². The zero-order chi connectivity index (χ0) is 12.2. The lowest BCUT2D eigenvalue weighted by molar-refractivity contribution is -0.274. The van der Waals surface area contributed by atoms with Crippen molar-refractivity contribution in [3.8, 4) is 5.75 Å². The first-order valence-electron chi connectivity index (χ1n) is 5.01. The molecule has 1 atom stereocenters. The van der Waals surface area contributed by atoms with Gasteiger partial charge >= 0.3 is 6.36 Å². The molecule has 5 heteroatoms. The second-order valence-electron chi connectivity index (χ2n) is 3.40. The number of halogens is 3. The van der Waals surface area contributed by atoms with E-state index < -0.39 is 6.36 Å². The van der Waals surface area contributed by atoms with Gasteiger partial charge in [-0.25, -0.2) is 0 Å². The normalized spacial score (nSPS) is 13.6. The highest BCUT2D eigenvalue weighted by Crippen LogP contribution is 2.24. The average Bonchev–Trinajstić information content (AvgIpc) is 2.16. The van der Waals surface area contributed by atoms with Crippen LogP contribution in [0.15, 0.2) is 24.3 Å². The lowest BCUT2D eigenvalue weighted by atomic mass is 10.1. The van der Waals surface area contributed by atoms with Gasteiger partial charge in [-0.05, 0) is 31.2 Å². The van der Waals surface area contributed by atoms with Crippen LogP contribution in [0.4, 0.5) is 13.2 Å². The summed E-state index contributed by atoms with van der Waals surface area (Å²) in [5.74, 6) is -0.194. The number of ether oxygens (including phenoxy) is 1. The van der Waals surface area contributed by atoms with Crippen molar-refractivity contribution in [2.75, 3.05) is 6.54 Å². The quantitative estimate of drug-likeness (QED) is 0.861. The Morgan fingerprint density at radius 1 is 1.25 bits per heavy atom. The Hall–Kier alpha value is -1.23. The summed E-state index contributed by atoms with van der Waals surface area (Å²) in [6.07, 6.45) is -4.63. The van der Waals surface area contributed by atoms with Crippen LogP contribution in [-0.4, -0.2) is 12.9 Å². The predicted molar refractivity (Wildman–Crippen MR) is 55.2 cm³/mol. The van der Waals surface area contributed by atoms with E-state index in [0.29, 0.717) is 0 Å². The standard InChI is InChI=1S/C11H14F3NO/c1-3-15-8(2)9-4-6-10(7-5-9)16-11(12,13)14/h4-8,15H,3H2,1-2H3/t8-/m1/s1. The van der Waals surface area contributed by atoms with Gasteiger partial charge < -0.3 is 10.1 Å². The van der Waals surface area contributed by atoms with E-state index in [1.54, 1.807) is 12.1 Å². The van der Waals surface area contributed by atoms with Crippen LogP contribution in [0.25, 0.3) is 0 Å². The summed E-state index contributed by atoms with van der Waals surface area (Å²) in [5.41, 5.74) is 0.927. The molecule has 0 saturated heterocycles. The van der Waals surface area contributed by atoms with E-state index >= 15 is 0 Å². The van der Waals surface area contributed by atoms with E-state index in [1.807, 2.05) is 13.8 Å². The molecule has 0 spiro atoms. The first kappa shape index (κ1) is 12.8. The summed E-state index contributed by atoms with van der Waals surface area (Å²) in [6, 6.07) is 5.99. The molecule has 1 aromatic carbocycles. The molecule has 90 valence electrons. The number of benzene rings is 1. The zero-order valence-corrected chi connectivity index (χ0v) is 9.14. The minimum atomic E-state index is -4.63. The predicted octanol–water partition coefficient (Wildman–Crippen LogP) is 3.26. The molecule has 0 saturated carbocycles. The first-order chi connectivity index (χ1) is 7.42. The largest absolute Gasteiger partial charge is 0.573 e. The lowest BCUT2D eigenvalue weighted by Crippen LogP contribution is -2.18. The molecule has 0 aliphatic rings. The fourth-order valence-electron chi connectivity index (χ4n) is 1.38. The summed E-state index contributed by atoms with van der Waals surface area (Å²) in [5, 5.41) is 3.17. The summed E-state index contributed by atoms with van der Waals surface area (Å²) >= 11 is 0. The maximum Gasteiger partial charge on any atom is 0.573 e. The van der Waals surface area contributed by atoms with Gasteiger partial charge in [0.2, 0.25) is 0 Å². The van der Waals surface area contributed by atoms with Gasteiger partial charge in [0.05, 0.1) is 0 Å². The molecule has 0 aliphatic heterocycles. The number of alkyl halides is 3. The van der Waals surface area contributed by atoms with Crippen molar-refractivity contribution < 1.29 is 17.9 Å². The fraction of sp³-hybridized carbons (Fsp3) is 0.455. The maximum absolute atomic E-state index is 11.9. The highest BCUT2D eigenvalue weighted by atomic mass is 19.4. The van der Waals surface area contributed by atoms with E-state index in [2.05, 4.69) is 10.1 Å². The van der Waals surface area contributed by atoms with Crippen LogP contribution in [0.2, 0.25) is 0 Å². The topological polar surface area (TPSA) is 21.3 Å². The summed E-state index contributed by atoms with van der Waals surface area (Å²) in [6.45, 7) is 4.72. The molecular formula is C11H14F3NO. The monoisotopic (exact) mass is 233 g/mol. The van der Waals surface area contributed by atoms with Gasteiger partial charge in [0.15, 0.2) is 0 Å². The molecule has 0 radical (unpaired) electrons. The first-order valence-corrected chi connectivity index (χ1v) is 5.01. The number of hydrogen-bond acceptors (Lipinski definition) is 2. The molecule has 1 rings (SSSR count). The third kappa shape index (κ3) is 4.10.